The van der Waals surface area contributed by atoms with E-state index in [4.69, 9.17) is 10.5 Å². The smallest absolute Gasteiger partial charge is 0.241 e. The van der Waals surface area contributed by atoms with Crippen LogP contribution in [0.2, 0.25) is 0 Å². The molecule has 1 unspecified atom stereocenters. The molecular weight excluding hydrogens is 288 g/mol. The summed E-state index contributed by atoms with van der Waals surface area (Å²) in [6, 6.07) is 4.90. The summed E-state index contributed by atoms with van der Waals surface area (Å²) in [5.74, 6) is 5.69. The van der Waals surface area contributed by atoms with Crippen LogP contribution in [0.1, 0.15) is 24.5 Å². The lowest BCUT2D eigenvalue weighted by atomic mass is 10.0. The summed E-state index contributed by atoms with van der Waals surface area (Å²) < 4.78 is 32.9. The van der Waals surface area contributed by atoms with Crippen molar-refractivity contribution in [2.24, 2.45) is 5.73 Å². The van der Waals surface area contributed by atoms with Gasteiger partial charge in [-0.15, -0.1) is 0 Å². The predicted molar refractivity (Wildman–Crippen MR) is 81.3 cm³/mol. The average molecular weight is 308 g/mol. The SMILES string of the molecule is Cc1cc(S(=O)(=O)NC2(C)CCOC2)ccc1C#CCN. The van der Waals surface area contributed by atoms with E-state index in [1.807, 2.05) is 13.8 Å². The molecule has 0 aliphatic carbocycles. The quantitative estimate of drug-likeness (QED) is 0.808. The minimum Gasteiger partial charge on any atom is -0.379 e. The molecule has 1 aromatic rings. The lowest BCUT2D eigenvalue weighted by Gasteiger charge is -2.23. The number of hydrogen-bond donors (Lipinski definition) is 2. The highest BCUT2D eigenvalue weighted by molar-refractivity contribution is 7.89. The Kier molecular flexibility index (Phi) is 4.69. The van der Waals surface area contributed by atoms with E-state index in [9.17, 15) is 8.42 Å². The van der Waals surface area contributed by atoms with Crippen molar-refractivity contribution in [3.8, 4) is 11.8 Å². The zero-order valence-electron chi connectivity index (χ0n) is 12.3. The summed E-state index contributed by atoms with van der Waals surface area (Å²) in [7, 11) is -3.56. The fourth-order valence-electron chi connectivity index (χ4n) is 2.22. The van der Waals surface area contributed by atoms with Gasteiger partial charge in [-0.1, -0.05) is 11.8 Å². The molecule has 1 aliphatic rings. The molecule has 1 heterocycles. The van der Waals surface area contributed by atoms with E-state index in [2.05, 4.69) is 16.6 Å². The van der Waals surface area contributed by atoms with Gasteiger partial charge in [-0.2, -0.15) is 0 Å². The van der Waals surface area contributed by atoms with E-state index in [-0.39, 0.29) is 11.4 Å². The summed E-state index contributed by atoms with van der Waals surface area (Å²) in [4.78, 5) is 0.242. The summed E-state index contributed by atoms with van der Waals surface area (Å²) in [5.41, 5.74) is 6.40. The van der Waals surface area contributed by atoms with Gasteiger partial charge in [0.25, 0.3) is 0 Å². The second-order valence-corrected chi connectivity index (χ2v) is 7.13. The Hall–Kier alpha value is -1.39. The topological polar surface area (TPSA) is 81.4 Å². The summed E-state index contributed by atoms with van der Waals surface area (Å²) >= 11 is 0. The van der Waals surface area contributed by atoms with E-state index in [1.165, 1.54) is 0 Å². The molecular formula is C15H20N2O3S. The third-order valence-corrected chi connectivity index (χ3v) is 5.07. The highest BCUT2D eigenvalue weighted by Gasteiger charge is 2.34. The summed E-state index contributed by atoms with van der Waals surface area (Å²) in [5, 5.41) is 0. The first-order valence-corrected chi connectivity index (χ1v) is 8.26. The van der Waals surface area contributed by atoms with Crippen LogP contribution in [0.25, 0.3) is 0 Å². The van der Waals surface area contributed by atoms with E-state index in [0.29, 0.717) is 19.6 Å². The Labute approximate surface area is 125 Å². The average Bonchev–Trinajstić information content (AvgIpc) is 2.82. The van der Waals surface area contributed by atoms with Crippen LogP contribution in [0.3, 0.4) is 0 Å². The van der Waals surface area contributed by atoms with E-state index >= 15 is 0 Å². The maximum atomic E-state index is 12.4. The van der Waals surface area contributed by atoms with Gasteiger partial charge in [0.15, 0.2) is 0 Å². The Balaban J connectivity index is 2.26. The predicted octanol–water partition coefficient (Wildman–Crippen LogP) is 0.763. The summed E-state index contributed by atoms with van der Waals surface area (Å²) in [6.07, 6.45) is 0.672. The molecule has 0 spiro atoms. The molecule has 3 N–H and O–H groups in total. The normalized spacial score (nSPS) is 21.9. The zero-order valence-corrected chi connectivity index (χ0v) is 13.1. The van der Waals surface area contributed by atoms with Gasteiger partial charge in [-0.3, -0.25) is 0 Å². The largest absolute Gasteiger partial charge is 0.379 e. The van der Waals surface area contributed by atoms with Gasteiger partial charge < -0.3 is 10.5 Å². The van der Waals surface area contributed by atoms with Crippen molar-refractivity contribution in [3.05, 3.63) is 29.3 Å². The highest BCUT2D eigenvalue weighted by atomic mass is 32.2. The number of hydrogen-bond acceptors (Lipinski definition) is 4. The number of aryl methyl sites for hydroxylation is 1. The van der Waals surface area contributed by atoms with Crippen LogP contribution in [0.15, 0.2) is 23.1 Å². The van der Waals surface area contributed by atoms with Gasteiger partial charge in [0.05, 0.1) is 23.6 Å². The second-order valence-electron chi connectivity index (χ2n) is 5.45. The van der Waals surface area contributed by atoms with Gasteiger partial charge in [0.1, 0.15) is 0 Å². The molecule has 1 aliphatic heterocycles. The Morgan fingerprint density at radius 1 is 1.48 bits per heavy atom. The molecule has 1 atom stereocenters. The monoisotopic (exact) mass is 308 g/mol. The van der Waals surface area contributed by atoms with E-state index in [1.54, 1.807) is 18.2 Å². The minimum absolute atomic E-state index is 0.242. The first-order valence-electron chi connectivity index (χ1n) is 6.78. The van der Waals surface area contributed by atoms with Gasteiger partial charge >= 0.3 is 0 Å². The first-order chi connectivity index (χ1) is 9.86. The molecule has 5 nitrogen and oxygen atoms in total. The van der Waals surface area contributed by atoms with Crippen molar-refractivity contribution in [2.45, 2.75) is 30.7 Å². The standard InChI is InChI=1S/C15H20N2O3S/c1-12-10-14(6-5-13(12)4-3-8-16)21(18,19)17-15(2)7-9-20-11-15/h5-6,10,17H,7-9,11,16H2,1-2H3. The van der Waals surface area contributed by atoms with Crippen LogP contribution in [0.5, 0.6) is 0 Å². The van der Waals surface area contributed by atoms with Crippen LogP contribution in [0, 0.1) is 18.8 Å². The van der Waals surface area contributed by atoms with Crippen molar-refractivity contribution < 1.29 is 13.2 Å². The molecule has 0 bridgehead atoms. The molecule has 1 fully saturated rings. The van der Waals surface area contributed by atoms with Crippen molar-refractivity contribution in [2.75, 3.05) is 19.8 Å². The number of nitrogens with one attached hydrogen (secondary N) is 1. The fraction of sp³-hybridized carbons (Fsp3) is 0.467. The van der Waals surface area contributed by atoms with E-state index in [0.717, 1.165) is 11.1 Å². The molecule has 0 saturated carbocycles. The molecule has 114 valence electrons. The minimum atomic E-state index is -3.56. The van der Waals surface area contributed by atoms with Crippen LogP contribution in [0.4, 0.5) is 0 Å². The Morgan fingerprint density at radius 3 is 2.81 bits per heavy atom. The molecule has 21 heavy (non-hydrogen) atoms. The molecule has 6 heteroatoms. The Bertz CT molecular complexity index is 681. The van der Waals surface area contributed by atoms with Crippen molar-refractivity contribution in [1.82, 2.24) is 4.72 Å². The number of rotatable bonds is 3. The number of ether oxygens (including phenoxy) is 1. The molecule has 2 rings (SSSR count). The number of sulfonamides is 1. The lowest BCUT2D eigenvalue weighted by Crippen LogP contribution is -2.46. The molecule has 1 saturated heterocycles. The van der Waals surface area contributed by atoms with Crippen LogP contribution < -0.4 is 10.5 Å². The van der Waals surface area contributed by atoms with Crippen molar-refractivity contribution in [3.63, 3.8) is 0 Å². The number of nitrogens with two attached hydrogens (primary N) is 1. The number of benzene rings is 1. The Morgan fingerprint density at radius 2 is 2.24 bits per heavy atom. The molecule has 0 aromatic heterocycles. The van der Waals surface area contributed by atoms with E-state index < -0.39 is 15.6 Å². The third kappa shape index (κ3) is 3.83. The molecule has 1 aromatic carbocycles. The lowest BCUT2D eigenvalue weighted by molar-refractivity contribution is 0.178. The maximum absolute atomic E-state index is 12.4. The van der Waals surface area contributed by atoms with Gasteiger partial charge in [-0.25, -0.2) is 13.1 Å². The van der Waals surface area contributed by atoms with Gasteiger partial charge in [-0.05, 0) is 44.0 Å². The zero-order chi connectivity index (χ0) is 15.5. The van der Waals surface area contributed by atoms with Gasteiger partial charge in [0.2, 0.25) is 10.0 Å². The highest BCUT2D eigenvalue weighted by Crippen LogP contribution is 2.22. The fourth-order valence-corrected chi connectivity index (χ4v) is 3.73. The second kappa shape index (κ2) is 6.16. The van der Waals surface area contributed by atoms with Crippen molar-refractivity contribution >= 4 is 10.0 Å². The summed E-state index contributed by atoms with van der Waals surface area (Å²) in [6.45, 7) is 4.93. The van der Waals surface area contributed by atoms with Crippen LogP contribution in [-0.4, -0.2) is 33.7 Å². The van der Waals surface area contributed by atoms with Crippen molar-refractivity contribution in [1.29, 1.82) is 0 Å². The molecule has 0 radical (unpaired) electrons. The molecule has 0 amide bonds. The maximum Gasteiger partial charge on any atom is 0.241 e. The third-order valence-electron chi connectivity index (χ3n) is 3.43. The van der Waals surface area contributed by atoms with Gasteiger partial charge in [0, 0.05) is 12.2 Å². The first kappa shape index (κ1) is 16.0. The van der Waals surface area contributed by atoms with Crippen LogP contribution in [-0.2, 0) is 14.8 Å². The van der Waals surface area contributed by atoms with Crippen LogP contribution >= 0.6 is 0 Å².